The molecule has 2 heterocycles. The van der Waals surface area contributed by atoms with E-state index in [2.05, 4.69) is 20.6 Å². The quantitative estimate of drug-likeness (QED) is 0.556. The molecule has 0 aliphatic heterocycles. The van der Waals surface area contributed by atoms with Gasteiger partial charge in [-0.05, 0) is 29.8 Å². The molecule has 0 fully saturated rings. The summed E-state index contributed by atoms with van der Waals surface area (Å²) in [6.07, 6.45) is 4.22. The minimum absolute atomic E-state index is 0.424. The number of nitrogens with zero attached hydrogens (tertiary/aromatic N) is 4. The second-order valence-electron chi connectivity index (χ2n) is 5.73. The van der Waals surface area contributed by atoms with E-state index in [0.29, 0.717) is 29.7 Å². The van der Waals surface area contributed by atoms with Crippen LogP contribution in [-0.2, 0) is 13.0 Å². The van der Waals surface area contributed by atoms with Crippen LogP contribution < -0.4 is 5.32 Å². The van der Waals surface area contributed by atoms with Gasteiger partial charge in [-0.3, -0.25) is 0 Å². The van der Waals surface area contributed by atoms with Crippen LogP contribution in [0.4, 0.5) is 5.69 Å². The fourth-order valence-corrected chi connectivity index (χ4v) is 2.81. The van der Waals surface area contributed by atoms with Gasteiger partial charge >= 0.3 is 0 Å². The number of rotatable bonds is 6. The van der Waals surface area contributed by atoms with E-state index >= 15 is 0 Å². The number of hydrogen-bond acceptors (Lipinski definition) is 5. The Labute approximate surface area is 155 Å². The van der Waals surface area contributed by atoms with Crippen molar-refractivity contribution in [1.82, 2.24) is 19.9 Å². The zero-order valence-electron chi connectivity index (χ0n) is 13.8. The van der Waals surface area contributed by atoms with Gasteiger partial charge in [-0.15, -0.1) is 0 Å². The monoisotopic (exact) mass is 365 g/mol. The lowest BCUT2D eigenvalue weighted by Crippen LogP contribution is -2.06. The molecule has 0 radical (unpaired) electrons. The van der Waals surface area contributed by atoms with E-state index in [9.17, 15) is 0 Å². The zero-order valence-corrected chi connectivity index (χ0v) is 14.6. The molecular formula is C19H16ClN5O. The Balaban J connectivity index is 1.47. The number of anilines is 1. The van der Waals surface area contributed by atoms with Gasteiger partial charge in [-0.2, -0.15) is 10.1 Å². The number of hydrogen-bond donors (Lipinski definition) is 1. The van der Waals surface area contributed by atoms with Crippen molar-refractivity contribution in [1.29, 1.82) is 0 Å². The SMILES string of the molecule is Clc1ccc(-n2cccn2)c(NCc2noc(Cc3ccccc3)n2)c1. The van der Waals surface area contributed by atoms with Gasteiger partial charge in [-0.25, -0.2) is 4.68 Å². The van der Waals surface area contributed by atoms with Crippen LogP contribution in [0.5, 0.6) is 0 Å². The van der Waals surface area contributed by atoms with Crippen LogP contribution in [0.3, 0.4) is 0 Å². The largest absolute Gasteiger partial charge is 0.376 e. The Morgan fingerprint density at radius 3 is 2.77 bits per heavy atom. The smallest absolute Gasteiger partial charge is 0.231 e. The molecule has 0 aliphatic rings. The first-order valence-electron chi connectivity index (χ1n) is 8.17. The van der Waals surface area contributed by atoms with Crippen LogP contribution in [0, 0.1) is 0 Å². The molecule has 7 heteroatoms. The van der Waals surface area contributed by atoms with Gasteiger partial charge in [-0.1, -0.05) is 47.1 Å². The molecule has 2 aromatic heterocycles. The summed E-state index contributed by atoms with van der Waals surface area (Å²) in [5.74, 6) is 1.17. The maximum Gasteiger partial charge on any atom is 0.231 e. The maximum atomic E-state index is 6.13. The number of nitrogens with one attached hydrogen (secondary N) is 1. The number of halogens is 1. The summed E-state index contributed by atoms with van der Waals surface area (Å²) in [6, 6.07) is 17.5. The lowest BCUT2D eigenvalue weighted by molar-refractivity contribution is 0.380. The Morgan fingerprint density at radius 2 is 1.96 bits per heavy atom. The fraction of sp³-hybridized carbons (Fsp3) is 0.105. The zero-order chi connectivity index (χ0) is 17.8. The lowest BCUT2D eigenvalue weighted by atomic mass is 10.1. The molecule has 130 valence electrons. The molecule has 0 aliphatic carbocycles. The molecule has 0 amide bonds. The van der Waals surface area contributed by atoms with Crippen molar-refractivity contribution in [3.63, 3.8) is 0 Å². The van der Waals surface area contributed by atoms with Crippen LogP contribution in [-0.4, -0.2) is 19.9 Å². The van der Waals surface area contributed by atoms with E-state index in [0.717, 1.165) is 16.9 Å². The van der Waals surface area contributed by atoms with Gasteiger partial charge in [0.25, 0.3) is 0 Å². The van der Waals surface area contributed by atoms with Crippen molar-refractivity contribution in [3.8, 4) is 5.69 Å². The van der Waals surface area contributed by atoms with Crippen molar-refractivity contribution in [2.45, 2.75) is 13.0 Å². The molecule has 0 saturated carbocycles. The van der Waals surface area contributed by atoms with Crippen molar-refractivity contribution in [2.75, 3.05) is 5.32 Å². The van der Waals surface area contributed by atoms with Crippen molar-refractivity contribution >= 4 is 17.3 Å². The molecule has 26 heavy (non-hydrogen) atoms. The highest BCUT2D eigenvalue weighted by Crippen LogP contribution is 2.24. The van der Waals surface area contributed by atoms with E-state index in [1.54, 1.807) is 10.9 Å². The highest BCUT2D eigenvalue weighted by atomic mass is 35.5. The molecule has 4 aromatic rings. The van der Waals surface area contributed by atoms with E-state index in [1.807, 2.05) is 60.8 Å². The van der Waals surface area contributed by atoms with E-state index in [1.165, 1.54) is 0 Å². The van der Waals surface area contributed by atoms with E-state index in [4.69, 9.17) is 16.1 Å². The molecule has 2 aromatic carbocycles. The average molecular weight is 366 g/mol. The minimum Gasteiger partial charge on any atom is -0.376 e. The van der Waals surface area contributed by atoms with Gasteiger partial charge in [0, 0.05) is 17.4 Å². The van der Waals surface area contributed by atoms with Crippen LogP contribution in [0.2, 0.25) is 5.02 Å². The van der Waals surface area contributed by atoms with Crippen molar-refractivity contribution in [3.05, 3.63) is 89.3 Å². The molecule has 6 nitrogen and oxygen atoms in total. The summed E-state index contributed by atoms with van der Waals surface area (Å²) >= 11 is 6.13. The Kier molecular flexibility index (Phi) is 4.66. The molecule has 0 unspecified atom stereocenters. The lowest BCUT2D eigenvalue weighted by Gasteiger charge is -2.11. The number of benzene rings is 2. The summed E-state index contributed by atoms with van der Waals surface area (Å²) in [6.45, 7) is 0.424. The van der Waals surface area contributed by atoms with Gasteiger partial charge in [0.2, 0.25) is 5.89 Å². The molecule has 0 spiro atoms. The van der Waals surface area contributed by atoms with Crippen LogP contribution >= 0.6 is 11.6 Å². The third-order valence-electron chi connectivity index (χ3n) is 3.86. The molecule has 0 atom stereocenters. The second-order valence-corrected chi connectivity index (χ2v) is 6.17. The molecular weight excluding hydrogens is 350 g/mol. The standard InChI is InChI=1S/C19H16ClN5O/c20-15-7-8-17(25-10-4-9-22-25)16(12-15)21-13-18-23-19(26-24-18)11-14-5-2-1-3-6-14/h1-10,12,21H,11,13H2. The highest BCUT2D eigenvalue weighted by Gasteiger charge is 2.10. The van der Waals surface area contributed by atoms with E-state index < -0.39 is 0 Å². The summed E-state index contributed by atoms with van der Waals surface area (Å²) in [4.78, 5) is 4.44. The van der Waals surface area contributed by atoms with E-state index in [-0.39, 0.29) is 0 Å². The Morgan fingerprint density at radius 1 is 1.08 bits per heavy atom. The van der Waals surface area contributed by atoms with Crippen LogP contribution in [0.1, 0.15) is 17.3 Å². The average Bonchev–Trinajstić information content (AvgIpc) is 3.33. The fourth-order valence-electron chi connectivity index (χ4n) is 2.64. The first kappa shape index (κ1) is 16.4. The van der Waals surface area contributed by atoms with Crippen LogP contribution in [0.25, 0.3) is 5.69 Å². The Hall–Kier alpha value is -3.12. The van der Waals surface area contributed by atoms with Gasteiger partial charge in [0.05, 0.1) is 24.3 Å². The summed E-state index contributed by atoms with van der Waals surface area (Å²) in [7, 11) is 0. The Bertz CT molecular complexity index is 982. The highest BCUT2D eigenvalue weighted by molar-refractivity contribution is 6.31. The maximum absolute atomic E-state index is 6.13. The van der Waals surface area contributed by atoms with Crippen molar-refractivity contribution in [2.24, 2.45) is 0 Å². The second kappa shape index (κ2) is 7.41. The van der Waals surface area contributed by atoms with Gasteiger partial charge < -0.3 is 9.84 Å². The summed E-state index contributed by atoms with van der Waals surface area (Å²) < 4.78 is 7.11. The third-order valence-corrected chi connectivity index (χ3v) is 4.09. The molecule has 0 saturated heterocycles. The molecule has 0 bridgehead atoms. The van der Waals surface area contributed by atoms with Crippen LogP contribution in [0.15, 0.2) is 71.5 Å². The first-order chi connectivity index (χ1) is 12.8. The van der Waals surface area contributed by atoms with Crippen molar-refractivity contribution < 1.29 is 4.52 Å². The summed E-state index contributed by atoms with van der Waals surface area (Å²) in [5, 5.41) is 12.3. The third kappa shape index (κ3) is 3.75. The summed E-state index contributed by atoms with van der Waals surface area (Å²) in [5.41, 5.74) is 2.87. The topological polar surface area (TPSA) is 68.8 Å². The first-order valence-corrected chi connectivity index (χ1v) is 8.54. The molecule has 4 rings (SSSR count). The molecule has 1 N–H and O–H groups in total. The normalized spacial score (nSPS) is 10.8. The number of aromatic nitrogens is 4. The van der Waals surface area contributed by atoms with Gasteiger partial charge in [0.15, 0.2) is 5.82 Å². The predicted molar refractivity (Wildman–Crippen MR) is 99.4 cm³/mol. The minimum atomic E-state index is 0.424. The predicted octanol–water partition coefficient (Wildman–Crippen LogP) is 4.11. The van der Waals surface area contributed by atoms with Gasteiger partial charge in [0.1, 0.15) is 0 Å².